The predicted octanol–water partition coefficient (Wildman–Crippen LogP) is 0.248. The molecule has 0 aromatic heterocycles. The summed E-state index contributed by atoms with van der Waals surface area (Å²) in [6, 6.07) is 0. The van der Waals surface area contributed by atoms with Crippen LogP contribution in [0.3, 0.4) is 0 Å². The van der Waals surface area contributed by atoms with E-state index in [2.05, 4.69) is 0 Å². The number of nitrogens with one attached hydrogen (secondary N) is 1. The number of carbonyl (C=O) groups excluding carboxylic acids is 1. The van der Waals surface area contributed by atoms with Crippen LogP contribution in [-0.2, 0) is 4.79 Å². The van der Waals surface area contributed by atoms with Crippen molar-refractivity contribution in [3.63, 3.8) is 0 Å². The highest BCUT2D eigenvalue weighted by molar-refractivity contribution is 5.84. The largest absolute Gasteiger partial charge is 0.298 e. The van der Waals surface area contributed by atoms with Gasteiger partial charge in [0, 0.05) is 5.92 Å². The summed E-state index contributed by atoms with van der Waals surface area (Å²) in [5, 5.41) is 0. The maximum atomic E-state index is 10.4. The molecule has 2 nitrogen and oxygen atoms in total. The van der Waals surface area contributed by atoms with Crippen LogP contribution in [0.5, 0.6) is 0 Å². The van der Waals surface area contributed by atoms with Crippen molar-refractivity contribution in [3.05, 3.63) is 0 Å². The molecule has 1 radical (unpaired) electrons. The number of hydrogen-bond acceptors (Lipinski definition) is 1. The third-order valence-corrected chi connectivity index (χ3v) is 1.21. The Morgan fingerprint density at radius 2 is 2.29 bits per heavy atom. The van der Waals surface area contributed by atoms with E-state index < -0.39 is 0 Å². The summed E-state index contributed by atoms with van der Waals surface area (Å²) in [5.41, 5.74) is 6.63. The number of hydrogen-bond donors (Lipinski definition) is 0. The average Bonchev–Trinajstić information content (AvgIpc) is 2.44. The Morgan fingerprint density at radius 1 is 1.71 bits per heavy atom. The maximum Gasteiger partial charge on any atom is 0.151 e. The third-order valence-electron chi connectivity index (χ3n) is 1.21. The number of carbonyl (C=O) groups is 1. The minimum Gasteiger partial charge on any atom is -0.298 e. The molecule has 0 saturated heterocycles. The van der Waals surface area contributed by atoms with Crippen LogP contribution < -0.4 is 5.73 Å². The molecular weight excluding hydrogens is 90.1 g/mol. The van der Waals surface area contributed by atoms with Crippen LogP contribution in [0.2, 0.25) is 0 Å². The van der Waals surface area contributed by atoms with Crippen LogP contribution in [0, 0.1) is 5.92 Å². The van der Waals surface area contributed by atoms with Crippen LogP contribution in [-0.4, -0.2) is 12.3 Å². The third kappa shape index (κ3) is 0.996. The van der Waals surface area contributed by atoms with E-state index in [1.807, 2.05) is 0 Å². The van der Waals surface area contributed by atoms with E-state index in [9.17, 15) is 4.79 Å². The van der Waals surface area contributed by atoms with Gasteiger partial charge in [-0.3, -0.25) is 4.79 Å². The molecule has 1 aliphatic carbocycles. The lowest BCUT2D eigenvalue weighted by Crippen LogP contribution is -2.06. The van der Waals surface area contributed by atoms with Crippen LogP contribution >= 0.6 is 0 Å². The highest BCUT2D eigenvalue weighted by Crippen LogP contribution is 2.29. The number of rotatable bonds is 2. The molecule has 0 heterocycles. The quantitative estimate of drug-likeness (QED) is 0.488. The fraction of sp³-hybridized carbons (Fsp3) is 0.800. The first-order valence-corrected chi connectivity index (χ1v) is 2.52. The Labute approximate surface area is 42.7 Å². The molecular formula is C5H8NO. The molecule has 1 saturated carbocycles. The van der Waals surface area contributed by atoms with Crippen LogP contribution in [0.15, 0.2) is 0 Å². The molecule has 0 aliphatic heterocycles. The molecule has 0 amide bonds. The number of ketones is 1. The van der Waals surface area contributed by atoms with Crippen molar-refractivity contribution in [3.8, 4) is 0 Å². The van der Waals surface area contributed by atoms with Gasteiger partial charge in [0.1, 0.15) is 0 Å². The van der Waals surface area contributed by atoms with Crippen molar-refractivity contribution < 1.29 is 4.79 Å². The van der Waals surface area contributed by atoms with E-state index in [1.54, 1.807) is 0 Å². The van der Waals surface area contributed by atoms with Crippen molar-refractivity contribution in [1.29, 1.82) is 0 Å². The topological polar surface area (TPSA) is 40.9 Å². The van der Waals surface area contributed by atoms with Gasteiger partial charge >= 0.3 is 0 Å². The van der Waals surface area contributed by atoms with Gasteiger partial charge < -0.3 is 0 Å². The first-order valence-electron chi connectivity index (χ1n) is 2.52. The van der Waals surface area contributed by atoms with Crippen molar-refractivity contribution in [2.45, 2.75) is 12.8 Å². The molecule has 1 rings (SSSR count). The molecule has 0 unspecified atom stereocenters. The fourth-order valence-electron chi connectivity index (χ4n) is 0.550. The standard InChI is InChI=1S/C5H8NO/c6-3-5(7)4-1-2-4/h4,6H,1-3H2. The summed E-state index contributed by atoms with van der Waals surface area (Å²) >= 11 is 0. The fourth-order valence-corrected chi connectivity index (χ4v) is 0.550. The van der Waals surface area contributed by atoms with Crippen molar-refractivity contribution >= 4 is 5.78 Å². The van der Waals surface area contributed by atoms with E-state index in [1.165, 1.54) is 0 Å². The minimum atomic E-state index is -0.00926. The molecule has 1 aliphatic rings. The zero-order chi connectivity index (χ0) is 5.28. The SMILES string of the molecule is [NH]CC(=O)C1CC1. The molecule has 7 heavy (non-hydrogen) atoms. The second kappa shape index (κ2) is 1.62. The predicted molar refractivity (Wildman–Crippen MR) is 25.7 cm³/mol. The lowest BCUT2D eigenvalue weighted by Gasteiger charge is -1.84. The summed E-state index contributed by atoms with van der Waals surface area (Å²) in [5.74, 6) is 0.414. The van der Waals surface area contributed by atoms with Gasteiger partial charge in [-0.05, 0) is 12.8 Å². The van der Waals surface area contributed by atoms with Crippen molar-refractivity contribution in [1.82, 2.24) is 5.73 Å². The smallest absolute Gasteiger partial charge is 0.151 e. The molecule has 0 aromatic carbocycles. The van der Waals surface area contributed by atoms with E-state index in [4.69, 9.17) is 5.73 Å². The average molecular weight is 98.1 g/mol. The highest BCUT2D eigenvalue weighted by Gasteiger charge is 2.27. The van der Waals surface area contributed by atoms with Crippen molar-refractivity contribution in [2.75, 3.05) is 6.54 Å². The molecule has 0 bridgehead atoms. The van der Waals surface area contributed by atoms with Gasteiger partial charge in [-0.15, -0.1) is 0 Å². The molecule has 39 valence electrons. The summed E-state index contributed by atoms with van der Waals surface area (Å²) in [7, 11) is 0. The molecule has 1 N–H and O–H groups in total. The zero-order valence-corrected chi connectivity index (χ0v) is 4.11. The summed E-state index contributed by atoms with van der Waals surface area (Å²) in [6.45, 7) is -0.00926. The first-order chi connectivity index (χ1) is 3.34. The Hall–Kier alpha value is -0.370. The number of Topliss-reactive ketones (excluding diaryl/α,β-unsaturated/α-hetero) is 1. The Kier molecular flexibility index (Phi) is 1.11. The highest BCUT2D eigenvalue weighted by atomic mass is 16.1. The first kappa shape index (κ1) is 4.78. The van der Waals surface area contributed by atoms with Gasteiger partial charge in [-0.2, -0.15) is 0 Å². The lowest BCUT2D eigenvalue weighted by atomic mass is 10.3. The van der Waals surface area contributed by atoms with Crippen LogP contribution in [0.25, 0.3) is 0 Å². The second-order valence-electron chi connectivity index (χ2n) is 1.92. The van der Waals surface area contributed by atoms with Crippen molar-refractivity contribution in [2.24, 2.45) is 5.92 Å². The van der Waals surface area contributed by atoms with Gasteiger partial charge in [-0.25, -0.2) is 5.73 Å². The Morgan fingerprint density at radius 3 is 2.43 bits per heavy atom. The normalized spacial score (nSPS) is 19.6. The minimum absolute atomic E-state index is 0.00926. The lowest BCUT2D eigenvalue weighted by molar-refractivity contribution is -0.118. The van der Waals surface area contributed by atoms with Gasteiger partial charge in [0.15, 0.2) is 5.78 Å². The summed E-state index contributed by atoms with van der Waals surface area (Å²) in [6.07, 6.45) is 2.08. The van der Waals surface area contributed by atoms with Crippen LogP contribution in [0.4, 0.5) is 0 Å². The van der Waals surface area contributed by atoms with E-state index in [-0.39, 0.29) is 18.2 Å². The molecule has 0 spiro atoms. The molecule has 0 aromatic rings. The van der Waals surface area contributed by atoms with Crippen LogP contribution in [0.1, 0.15) is 12.8 Å². The van der Waals surface area contributed by atoms with E-state index >= 15 is 0 Å². The van der Waals surface area contributed by atoms with Gasteiger partial charge in [0.2, 0.25) is 0 Å². The Balaban J connectivity index is 2.24. The van der Waals surface area contributed by atoms with E-state index in [0.29, 0.717) is 0 Å². The van der Waals surface area contributed by atoms with Gasteiger partial charge in [-0.1, -0.05) is 0 Å². The molecule has 1 fully saturated rings. The molecule has 0 atom stereocenters. The summed E-state index contributed by atoms with van der Waals surface area (Å²) < 4.78 is 0. The maximum absolute atomic E-state index is 10.4. The van der Waals surface area contributed by atoms with E-state index in [0.717, 1.165) is 12.8 Å². The Bertz CT molecular complexity index is 86.1. The van der Waals surface area contributed by atoms with Gasteiger partial charge in [0.25, 0.3) is 0 Å². The van der Waals surface area contributed by atoms with Gasteiger partial charge in [0.05, 0.1) is 6.54 Å². The monoisotopic (exact) mass is 98.1 g/mol. The second-order valence-corrected chi connectivity index (χ2v) is 1.92. The zero-order valence-electron chi connectivity index (χ0n) is 4.11. The molecule has 2 heteroatoms. The summed E-state index contributed by atoms with van der Waals surface area (Å²) in [4.78, 5) is 10.4.